The highest BCUT2D eigenvalue weighted by atomic mass is 16.1. The number of amides is 1. The summed E-state index contributed by atoms with van der Waals surface area (Å²) in [6.45, 7) is 7.21. The van der Waals surface area contributed by atoms with E-state index in [1.165, 1.54) is 32.4 Å². The number of likely N-dealkylation sites (tertiary alicyclic amines) is 1. The highest BCUT2D eigenvalue weighted by Crippen LogP contribution is 2.29. The summed E-state index contributed by atoms with van der Waals surface area (Å²) < 4.78 is 0. The average Bonchev–Trinajstić information content (AvgIpc) is 2.99. The minimum absolute atomic E-state index is 0.157. The van der Waals surface area contributed by atoms with Crippen molar-refractivity contribution in [1.82, 2.24) is 15.5 Å². The van der Waals surface area contributed by atoms with Gasteiger partial charge in [0.15, 0.2) is 0 Å². The first-order valence-electron chi connectivity index (χ1n) is 6.92. The molecule has 4 heteroatoms. The van der Waals surface area contributed by atoms with E-state index in [0.717, 1.165) is 12.6 Å². The SMILES string of the molecule is CC(C)NC(=O)CCNC1CCN(C2CC2)C1. The summed E-state index contributed by atoms with van der Waals surface area (Å²) in [5, 5.41) is 6.41. The molecule has 1 atom stereocenters. The maximum atomic E-state index is 11.4. The number of hydrogen-bond donors (Lipinski definition) is 2. The van der Waals surface area contributed by atoms with Gasteiger partial charge in [-0.2, -0.15) is 0 Å². The van der Waals surface area contributed by atoms with Crippen LogP contribution >= 0.6 is 0 Å². The summed E-state index contributed by atoms with van der Waals surface area (Å²) in [5.74, 6) is 0.157. The second kappa shape index (κ2) is 5.83. The lowest BCUT2D eigenvalue weighted by Gasteiger charge is -2.16. The van der Waals surface area contributed by atoms with E-state index in [1.54, 1.807) is 0 Å². The number of carbonyl (C=O) groups is 1. The van der Waals surface area contributed by atoms with Gasteiger partial charge in [0, 0.05) is 44.2 Å². The zero-order valence-electron chi connectivity index (χ0n) is 11.0. The molecule has 0 bridgehead atoms. The lowest BCUT2D eigenvalue weighted by atomic mass is 10.2. The monoisotopic (exact) mass is 239 g/mol. The predicted octanol–water partition coefficient (Wildman–Crippen LogP) is 0.727. The van der Waals surface area contributed by atoms with Crippen LogP contribution in [0.3, 0.4) is 0 Å². The molecule has 2 rings (SSSR count). The summed E-state index contributed by atoms with van der Waals surface area (Å²) in [7, 11) is 0. The summed E-state index contributed by atoms with van der Waals surface area (Å²) in [4.78, 5) is 14.0. The van der Waals surface area contributed by atoms with Gasteiger partial charge in [-0.05, 0) is 33.1 Å². The van der Waals surface area contributed by atoms with Crippen LogP contribution in [0.15, 0.2) is 0 Å². The van der Waals surface area contributed by atoms with E-state index in [9.17, 15) is 4.79 Å². The molecule has 2 N–H and O–H groups in total. The van der Waals surface area contributed by atoms with E-state index < -0.39 is 0 Å². The van der Waals surface area contributed by atoms with Crippen molar-refractivity contribution in [2.45, 2.75) is 57.7 Å². The molecule has 1 saturated heterocycles. The number of rotatable bonds is 6. The van der Waals surface area contributed by atoms with Gasteiger partial charge < -0.3 is 10.6 Å². The van der Waals surface area contributed by atoms with Crippen LogP contribution in [0, 0.1) is 0 Å². The molecule has 17 heavy (non-hydrogen) atoms. The predicted molar refractivity (Wildman–Crippen MR) is 68.9 cm³/mol. The van der Waals surface area contributed by atoms with Crippen molar-refractivity contribution in [3.05, 3.63) is 0 Å². The van der Waals surface area contributed by atoms with Gasteiger partial charge in [-0.1, -0.05) is 0 Å². The first-order chi connectivity index (χ1) is 8.15. The Bertz CT molecular complexity index is 263. The lowest BCUT2D eigenvalue weighted by Crippen LogP contribution is -2.37. The molecule has 0 aromatic rings. The third kappa shape index (κ3) is 4.28. The molecule has 2 aliphatic rings. The van der Waals surface area contributed by atoms with Crippen molar-refractivity contribution < 1.29 is 4.79 Å². The Morgan fingerprint density at radius 3 is 2.76 bits per heavy atom. The fourth-order valence-electron chi connectivity index (χ4n) is 2.51. The molecule has 0 radical (unpaired) electrons. The maximum Gasteiger partial charge on any atom is 0.221 e. The van der Waals surface area contributed by atoms with Crippen molar-refractivity contribution in [1.29, 1.82) is 0 Å². The Balaban J connectivity index is 1.55. The summed E-state index contributed by atoms with van der Waals surface area (Å²) >= 11 is 0. The molecule has 1 aliphatic carbocycles. The molecule has 0 spiro atoms. The van der Waals surface area contributed by atoms with Crippen LogP contribution in [0.25, 0.3) is 0 Å². The molecule has 0 aromatic carbocycles. The number of carbonyl (C=O) groups excluding carboxylic acids is 1. The zero-order valence-corrected chi connectivity index (χ0v) is 11.0. The van der Waals surface area contributed by atoms with Gasteiger partial charge in [0.2, 0.25) is 5.91 Å². The Kier molecular flexibility index (Phi) is 4.40. The molecule has 1 aliphatic heterocycles. The van der Waals surface area contributed by atoms with E-state index in [0.29, 0.717) is 12.5 Å². The van der Waals surface area contributed by atoms with E-state index in [1.807, 2.05) is 13.8 Å². The van der Waals surface area contributed by atoms with Crippen LogP contribution in [-0.2, 0) is 4.79 Å². The largest absolute Gasteiger partial charge is 0.354 e. The van der Waals surface area contributed by atoms with E-state index in [-0.39, 0.29) is 11.9 Å². The standard InChI is InChI=1S/C13H25N3O/c1-10(2)15-13(17)5-7-14-11-6-8-16(9-11)12-3-4-12/h10-12,14H,3-9H2,1-2H3,(H,15,17). The minimum atomic E-state index is 0.157. The molecule has 4 nitrogen and oxygen atoms in total. The van der Waals surface area contributed by atoms with Crippen LogP contribution in [-0.4, -0.2) is 48.6 Å². The fourth-order valence-corrected chi connectivity index (χ4v) is 2.51. The molecule has 1 amide bonds. The third-order valence-corrected chi connectivity index (χ3v) is 3.52. The van der Waals surface area contributed by atoms with Gasteiger partial charge in [0.05, 0.1) is 0 Å². The normalized spacial score (nSPS) is 25.5. The average molecular weight is 239 g/mol. The van der Waals surface area contributed by atoms with Crippen LogP contribution in [0.1, 0.15) is 39.5 Å². The number of nitrogens with zero attached hydrogens (tertiary/aromatic N) is 1. The van der Waals surface area contributed by atoms with Gasteiger partial charge in [0.25, 0.3) is 0 Å². The third-order valence-electron chi connectivity index (χ3n) is 3.52. The van der Waals surface area contributed by atoms with Crippen LogP contribution in [0.2, 0.25) is 0 Å². The van der Waals surface area contributed by atoms with Crippen molar-refractivity contribution in [3.8, 4) is 0 Å². The van der Waals surface area contributed by atoms with Gasteiger partial charge in [-0.3, -0.25) is 9.69 Å². The molecule has 98 valence electrons. The number of nitrogens with one attached hydrogen (secondary N) is 2. The Hall–Kier alpha value is -0.610. The van der Waals surface area contributed by atoms with E-state index in [2.05, 4.69) is 15.5 Å². The summed E-state index contributed by atoms with van der Waals surface area (Å²) in [6.07, 6.45) is 4.62. The lowest BCUT2D eigenvalue weighted by molar-refractivity contribution is -0.121. The van der Waals surface area contributed by atoms with E-state index in [4.69, 9.17) is 0 Å². The van der Waals surface area contributed by atoms with Crippen molar-refractivity contribution in [3.63, 3.8) is 0 Å². The van der Waals surface area contributed by atoms with Crippen molar-refractivity contribution in [2.24, 2.45) is 0 Å². The molecule has 0 aromatic heterocycles. The highest BCUT2D eigenvalue weighted by Gasteiger charge is 2.33. The second-order valence-corrected chi connectivity index (χ2v) is 5.64. The first kappa shape index (κ1) is 12.8. The van der Waals surface area contributed by atoms with Gasteiger partial charge in [-0.15, -0.1) is 0 Å². The minimum Gasteiger partial charge on any atom is -0.354 e. The van der Waals surface area contributed by atoms with Gasteiger partial charge >= 0.3 is 0 Å². The maximum absolute atomic E-state index is 11.4. The zero-order chi connectivity index (χ0) is 12.3. The quantitative estimate of drug-likeness (QED) is 0.718. The summed E-state index contributed by atoms with van der Waals surface area (Å²) in [5.41, 5.74) is 0. The Labute approximate surface area is 104 Å². The van der Waals surface area contributed by atoms with E-state index >= 15 is 0 Å². The smallest absolute Gasteiger partial charge is 0.221 e. The highest BCUT2D eigenvalue weighted by molar-refractivity contribution is 5.76. The summed E-state index contributed by atoms with van der Waals surface area (Å²) in [6, 6.07) is 1.73. The van der Waals surface area contributed by atoms with Crippen LogP contribution in [0.4, 0.5) is 0 Å². The van der Waals surface area contributed by atoms with Gasteiger partial charge in [-0.25, -0.2) is 0 Å². The Morgan fingerprint density at radius 2 is 2.12 bits per heavy atom. The van der Waals surface area contributed by atoms with Crippen molar-refractivity contribution >= 4 is 5.91 Å². The first-order valence-corrected chi connectivity index (χ1v) is 6.92. The molecular formula is C13H25N3O. The fraction of sp³-hybridized carbons (Fsp3) is 0.923. The molecule has 1 saturated carbocycles. The second-order valence-electron chi connectivity index (χ2n) is 5.64. The Morgan fingerprint density at radius 1 is 1.35 bits per heavy atom. The van der Waals surface area contributed by atoms with Gasteiger partial charge in [0.1, 0.15) is 0 Å². The molecule has 1 heterocycles. The molecule has 1 unspecified atom stereocenters. The van der Waals surface area contributed by atoms with Crippen molar-refractivity contribution in [2.75, 3.05) is 19.6 Å². The molecular weight excluding hydrogens is 214 g/mol. The number of hydrogen-bond acceptors (Lipinski definition) is 3. The van der Waals surface area contributed by atoms with Crippen LogP contribution in [0.5, 0.6) is 0 Å². The topological polar surface area (TPSA) is 44.4 Å². The van der Waals surface area contributed by atoms with Crippen LogP contribution < -0.4 is 10.6 Å². The molecule has 2 fully saturated rings.